The summed E-state index contributed by atoms with van der Waals surface area (Å²) < 4.78 is 0. The van der Waals surface area contributed by atoms with Crippen molar-refractivity contribution in [1.82, 2.24) is 0 Å². The molecule has 0 amide bonds. The van der Waals surface area contributed by atoms with Gasteiger partial charge < -0.3 is 11.8 Å². The average molecular weight is 146 g/mol. The van der Waals surface area contributed by atoms with Crippen LogP contribution in [0.2, 0.25) is 0 Å². The monoisotopic (exact) mass is 146 g/mol. The van der Waals surface area contributed by atoms with E-state index in [1.54, 1.807) is 0 Å². The molecule has 1 rings (SSSR count). The number of rotatable bonds is 2. The molecule has 0 aromatic heterocycles. The van der Waals surface area contributed by atoms with Gasteiger partial charge in [-0.25, -0.2) is 5.56 Å². The first kappa shape index (κ1) is 8.19. The molecule has 1 aromatic carbocycles. The zero-order valence-electron chi connectivity index (χ0n) is 7.39. The van der Waals surface area contributed by atoms with Gasteiger partial charge in [0.05, 0.1) is 0 Å². The van der Waals surface area contributed by atoms with Crippen molar-refractivity contribution in [1.29, 1.82) is 0 Å². The first-order chi connectivity index (χ1) is 5.22. The number of benzene rings is 1. The lowest BCUT2D eigenvalue weighted by atomic mass is 9.91. The topological polar surface area (TPSA) is 0 Å². The third-order valence-electron chi connectivity index (χ3n) is 1.96. The van der Waals surface area contributed by atoms with Gasteiger partial charge in [0, 0.05) is 0 Å². The third-order valence-corrected chi connectivity index (χ3v) is 1.96. The van der Waals surface area contributed by atoms with Gasteiger partial charge in [-0.1, -0.05) is 6.07 Å². The fourth-order valence-corrected chi connectivity index (χ4v) is 0.977. The second-order valence-electron chi connectivity index (χ2n) is 2.99. The molecule has 0 atom stereocenters. The highest BCUT2D eigenvalue weighted by molar-refractivity contribution is 5.36. The van der Waals surface area contributed by atoms with Crippen LogP contribution in [-0.2, 0) is 0 Å². The Morgan fingerprint density at radius 2 is 1.45 bits per heavy atom. The van der Waals surface area contributed by atoms with E-state index in [0.29, 0.717) is 0 Å². The van der Waals surface area contributed by atoms with Crippen molar-refractivity contribution in [2.75, 3.05) is 0 Å². The van der Waals surface area contributed by atoms with E-state index in [2.05, 4.69) is 45.0 Å². The Balaban J connectivity index is 2.77. The van der Waals surface area contributed by atoms with Crippen molar-refractivity contribution >= 4 is 0 Å². The van der Waals surface area contributed by atoms with Crippen LogP contribution in [0.15, 0.2) is 30.3 Å². The minimum absolute atomic E-state index is 1.33. The molecular weight excluding hydrogens is 132 g/mol. The smallest absolute Gasteiger partial charge is 0.0866 e. The molecule has 0 heteroatoms. The van der Waals surface area contributed by atoms with Crippen molar-refractivity contribution in [3.8, 4) is 0 Å². The van der Waals surface area contributed by atoms with E-state index in [4.69, 9.17) is 0 Å². The highest BCUT2D eigenvalue weighted by atomic mass is 14.1. The van der Waals surface area contributed by atoms with Crippen LogP contribution in [-0.4, -0.2) is 0 Å². The van der Waals surface area contributed by atoms with Gasteiger partial charge in [-0.15, -0.1) is 19.1 Å². The second-order valence-corrected chi connectivity index (χ2v) is 2.99. The summed E-state index contributed by atoms with van der Waals surface area (Å²) in [6.07, 6.45) is 0. The van der Waals surface area contributed by atoms with Gasteiger partial charge in [0.25, 0.3) is 0 Å². The van der Waals surface area contributed by atoms with E-state index < -0.39 is 0 Å². The Hall–Kier alpha value is -0.910. The predicted octanol–water partition coefficient (Wildman–Crippen LogP) is 3.24. The zero-order chi connectivity index (χ0) is 8.27. The summed E-state index contributed by atoms with van der Waals surface area (Å²) in [6.45, 7) is 6.44. The van der Waals surface area contributed by atoms with E-state index in [1.807, 2.05) is 6.07 Å². The maximum atomic E-state index is 2.16. The summed E-state index contributed by atoms with van der Waals surface area (Å²) in [5.74, 6) is 2.77. The molecule has 0 aliphatic rings. The van der Waals surface area contributed by atoms with E-state index >= 15 is 0 Å². The lowest BCUT2D eigenvalue weighted by Crippen LogP contribution is -2.00. The first-order valence-corrected chi connectivity index (χ1v) is 3.91. The van der Waals surface area contributed by atoms with Crippen molar-refractivity contribution in [2.24, 2.45) is 0 Å². The Labute approximate surface area is 69.3 Å². The van der Waals surface area contributed by atoms with Crippen LogP contribution in [0.3, 0.4) is 0 Å². The molecule has 0 saturated carbocycles. The maximum Gasteiger partial charge on any atom is -0.0866 e. The molecule has 1 aromatic rings. The second kappa shape index (κ2) is 3.47. The minimum Gasteiger partial charge on any atom is -0.356 e. The van der Waals surface area contributed by atoms with Crippen LogP contribution in [0.5, 0.6) is 0 Å². The minimum atomic E-state index is 1.33. The summed E-state index contributed by atoms with van der Waals surface area (Å²) in [5.41, 5.74) is 1.33. The van der Waals surface area contributed by atoms with Crippen LogP contribution in [0.25, 0.3) is 0 Å². The van der Waals surface area contributed by atoms with Gasteiger partial charge in [-0.3, -0.25) is 0 Å². The quantitative estimate of drug-likeness (QED) is 0.562. The summed E-state index contributed by atoms with van der Waals surface area (Å²) in [7, 11) is 0. The molecular formula is C11H14-2. The third kappa shape index (κ3) is 2.01. The molecule has 60 valence electrons. The van der Waals surface area contributed by atoms with Crippen LogP contribution in [0.1, 0.15) is 26.3 Å². The number of hydrogen-bond donors (Lipinski definition) is 0. The molecule has 0 saturated heterocycles. The molecule has 0 bridgehead atoms. The molecule has 0 aliphatic heterocycles. The van der Waals surface area contributed by atoms with E-state index in [1.165, 1.54) is 17.4 Å². The van der Waals surface area contributed by atoms with Gasteiger partial charge in [0.2, 0.25) is 0 Å². The van der Waals surface area contributed by atoms with E-state index in [-0.39, 0.29) is 0 Å². The normalized spacial score (nSPS) is 10.2. The largest absolute Gasteiger partial charge is 0.356 e. The lowest BCUT2D eigenvalue weighted by Gasteiger charge is -2.38. The molecule has 0 unspecified atom stereocenters. The van der Waals surface area contributed by atoms with Gasteiger partial charge in [-0.2, -0.15) is 26.0 Å². The van der Waals surface area contributed by atoms with Crippen molar-refractivity contribution < 1.29 is 0 Å². The highest BCUT2D eigenvalue weighted by Gasteiger charge is 1.85. The standard InChI is InChI=1S/C11H14/c1-9(2)10(3)11-7-5-4-6-8-11/h4-8H,1-3H3/q-2. The van der Waals surface area contributed by atoms with E-state index in [9.17, 15) is 0 Å². The summed E-state index contributed by atoms with van der Waals surface area (Å²) in [4.78, 5) is 0. The Morgan fingerprint density at radius 1 is 0.909 bits per heavy atom. The van der Waals surface area contributed by atoms with Gasteiger partial charge in [0.1, 0.15) is 0 Å². The summed E-state index contributed by atoms with van der Waals surface area (Å²) >= 11 is 0. The van der Waals surface area contributed by atoms with Crippen LogP contribution < -0.4 is 0 Å². The fraction of sp³-hybridized carbons (Fsp3) is 0.273. The van der Waals surface area contributed by atoms with Crippen LogP contribution in [0, 0.1) is 11.8 Å². The van der Waals surface area contributed by atoms with Gasteiger partial charge in [0.15, 0.2) is 0 Å². The Bertz CT molecular complexity index is 199. The maximum absolute atomic E-state index is 2.16. The summed E-state index contributed by atoms with van der Waals surface area (Å²) in [6, 6.07) is 10.5. The van der Waals surface area contributed by atoms with Crippen molar-refractivity contribution in [3.05, 3.63) is 47.7 Å². The zero-order valence-corrected chi connectivity index (χ0v) is 7.39. The molecule has 0 spiro atoms. The van der Waals surface area contributed by atoms with Crippen molar-refractivity contribution in [3.63, 3.8) is 0 Å². The fourth-order valence-electron chi connectivity index (χ4n) is 0.977. The van der Waals surface area contributed by atoms with Crippen LogP contribution >= 0.6 is 0 Å². The highest BCUT2D eigenvalue weighted by Crippen LogP contribution is 2.22. The molecule has 0 radical (unpaired) electrons. The SMILES string of the molecule is C[C-](C)[C-](C)c1ccccc1. The van der Waals surface area contributed by atoms with Crippen LogP contribution in [0.4, 0.5) is 0 Å². The van der Waals surface area contributed by atoms with E-state index in [0.717, 1.165) is 0 Å². The predicted molar refractivity (Wildman–Crippen MR) is 49.1 cm³/mol. The molecule has 0 fully saturated rings. The molecule has 0 aliphatic carbocycles. The average Bonchev–Trinajstić information content (AvgIpc) is 2.05. The summed E-state index contributed by atoms with van der Waals surface area (Å²) in [5, 5.41) is 0. The molecule has 0 N–H and O–H groups in total. The molecule has 11 heavy (non-hydrogen) atoms. The van der Waals surface area contributed by atoms with Gasteiger partial charge >= 0.3 is 0 Å². The Morgan fingerprint density at radius 3 is 1.91 bits per heavy atom. The number of hydrogen-bond acceptors (Lipinski definition) is 0. The molecule has 0 nitrogen and oxygen atoms in total. The Kier molecular flexibility index (Phi) is 2.58. The van der Waals surface area contributed by atoms with Crippen molar-refractivity contribution in [2.45, 2.75) is 20.8 Å². The molecule has 0 heterocycles. The lowest BCUT2D eigenvalue weighted by molar-refractivity contribution is 0.985. The van der Waals surface area contributed by atoms with Gasteiger partial charge in [-0.05, 0) is 0 Å². The first-order valence-electron chi connectivity index (χ1n) is 3.91.